The molecule has 0 fully saturated rings. The van der Waals surface area contributed by atoms with Crippen LogP contribution < -0.4 is 0 Å². The van der Waals surface area contributed by atoms with Crippen molar-refractivity contribution in [2.45, 2.75) is 26.1 Å². The van der Waals surface area contributed by atoms with Crippen molar-refractivity contribution in [3.05, 3.63) is 0 Å². The van der Waals surface area contributed by atoms with Gasteiger partial charge in [0.05, 0.1) is 12.7 Å². The molecule has 0 aliphatic carbocycles. The first-order valence-electron chi connectivity index (χ1n) is 3.45. The first-order valence-corrected chi connectivity index (χ1v) is 3.45. The fourth-order valence-corrected chi connectivity index (χ4v) is 0.977. The fraction of sp³-hybridized carbons (Fsp3) is 1.00. The van der Waals surface area contributed by atoms with Crippen LogP contribution in [0.4, 0.5) is 0 Å². The van der Waals surface area contributed by atoms with Crippen LogP contribution in [-0.4, -0.2) is 36.1 Å². The van der Waals surface area contributed by atoms with Gasteiger partial charge in [-0.15, -0.1) is 0 Å². The first-order chi connectivity index (χ1) is 4.63. The Morgan fingerprint density at radius 1 is 1.40 bits per heavy atom. The number of hydrogen-bond donors (Lipinski definition) is 2. The maximum atomic E-state index is 9.11. The molecule has 10 heavy (non-hydrogen) atoms. The number of methoxy groups -OCH3 is 1. The zero-order valence-electron chi connectivity index (χ0n) is 6.74. The van der Waals surface area contributed by atoms with Gasteiger partial charge in [-0.05, 0) is 5.92 Å². The predicted octanol–water partition coefficient (Wildman–Crippen LogP) is 0.0106. The van der Waals surface area contributed by atoms with Gasteiger partial charge in [0.2, 0.25) is 0 Å². The Balaban J connectivity index is 3.80. The van der Waals surface area contributed by atoms with E-state index in [1.54, 1.807) is 0 Å². The van der Waals surface area contributed by atoms with Crippen molar-refractivity contribution in [3.63, 3.8) is 0 Å². The average Bonchev–Trinajstić information content (AvgIpc) is 1.88. The Morgan fingerprint density at radius 3 is 2.00 bits per heavy atom. The Bertz CT molecular complexity index is 82.9. The molecule has 0 aliphatic heterocycles. The maximum Gasteiger partial charge on any atom is 0.103 e. The van der Waals surface area contributed by atoms with E-state index in [9.17, 15) is 0 Å². The van der Waals surface area contributed by atoms with Gasteiger partial charge < -0.3 is 14.9 Å². The highest BCUT2D eigenvalue weighted by Gasteiger charge is 2.20. The molecule has 0 saturated carbocycles. The van der Waals surface area contributed by atoms with Gasteiger partial charge in [0.25, 0.3) is 0 Å². The summed E-state index contributed by atoms with van der Waals surface area (Å²) in [7, 11) is 1.53. The quantitative estimate of drug-likeness (QED) is 0.590. The summed E-state index contributed by atoms with van der Waals surface area (Å²) in [5.74, 6) is 0.229. The zero-order valence-corrected chi connectivity index (χ0v) is 6.74. The highest BCUT2D eigenvalue weighted by Crippen LogP contribution is 2.09. The SMILES string of the molecule is CO[C@H](C(C)C)[C@H](O)CO. The van der Waals surface area contributed by atoms with Crippen molar-refractivity contribution in [1.29, 1.82) is 0 Å². The lowest BCUT2D eigenvalue weighted by atomic mass is 10.0. The summed E-state index contributed by atoms with van der Waals surface area (Å²) in [5.41, 5.74) is 0. The molecule has 2 atom stereocenters. The number of aliphatic hydroxyl groups is 2. The van der Waals surface area contributed by atoms with Crippen molar-refractivity contribution in [2.24, 2.45) is 5.92 Å². The lowest BCUT2D eigenvalue weighted by molar-refractivity contribution is -0.0589. The largest absolute Gasteiger partial charge is 0.394 e. The van der Waals surface area contributed by atoms with E-state index in [4.69, 9.17) is 14.9 Å². The molecule has 3 nitrogen and oxygen atoms in total. The highest BCUT2D eigenvalue weighted by molar-refractivity contribution is 4.70. The minimum Gasteiger partial charge on any atom is -0.394 e. The number of aliphatic hydroxyl groups excluding tert-OH is 2. The van der Waals surface area contributed by atoms with Crippen molar-refractivity contribution in [1.82, 2.24) is 0 Å². The molecule has 0 rings (SSSR count). The second-order valence-corrected chi connectivity index (χ2v) is 2.69. The van der Waals surface area contributed by atoms with Crippen molar-refractivity contribution in [2.75, 3.05) is 13.7 Å². The molecule has 0 aromatic carbocycles. The van der Waals surface area contributed by atoms with Gasteiger partial charge in [0.1, 0.15) is 6.10 Å². The van der Waals surface area contributed by atoms with E-state index < -0.39 is 6.10 Å². The third kappa shape index (κ3) is 2.64. The fourth-order valence-electron chi connectivity index (χ4n) is 0.977. The zero-order chi connectivity index (χ0) is 8.15. The average molecular weight is 148 g/mol. The molecule has 0 unspecified atom stereocenters. The van der Waals surface area contributed by atoms with Gasteiger partial charge >= 0.3 is 0 Å². The molecular weight excluding hydrogens is 132 g/mol. The van der Waals surface area contributed by atoms with Crippen LogP contribution >= 0.6 is 0 Å². The third-order valence-corrected chi connectivity index (χ3v) is 1.50. The van der Waals surface area contributed by atoms with Crippen LogP contribution in [0.25, 0.3) is 0 Å². The Labute approximate surface area is 61.6 Å². The van der Waals surface area contributed by atoms with Gasteiger partial charge in [-0.3, -0.25) is 0 Å². The number of hydrogen-bond acceptors (Lipinski definition) is 3. The monoisotopic (exact) mass is 148 g/mol. The molecule has 0 bridgehead atoms. The highest BCUT2D eigenvalue weighted by atomic mass is 16.5. The van der Waals surface area contributed by atoms with Crippen LogP contribution in [0.3, 0.4) is 0 Å². The van der Waals surface area contributed by atoms with E-state index in [0.717, 1.165) is 0 Å². The van der Waals surface area contributed by atoms with E-state index in [-0.39, 0.29) is 18.6 Å². The first kappa shape index (κ1) is 9.88. The van der Waals surface area contributed by atoms with Gasteiger partial charge in [-0.1, -0.05) is 13.8 Å². The molecule has 62 valence electrons. The minimum absolute atomic E-state index is 0.229. The molecule has 0 heterocycles. The molecule has 0 radical (unpaired) electrons. The molecular formula is C7H16O3. The maximum absolute atomic E-state index is 9.11. The van der Waals surface area contributed by atoms with E-state index in [1.165, 1.54) is 7.11 Å². The standard InChI is InChI=1S/C7H16O3/c1-5(2)7(10-3)6(9)4-8/h5-9H,4H2,1-3H3/t6-,7-/m1/s1. The van der Waals surface area contributed by atoms with Crippen LogP contribution in [0.1, 0.15) is 13.8 Å². The topological polar surface area (TPSA) is 49.7 Å². The van der Waals surface area contributed by atoms with Gasteiger partial charge in [0.15, 0.2) is 0 Å². The van der Waals surface area contributed by atoms with Gasteiger partial charge in [-0.25, -0.2) is 0 Å². The lowest BCUT2D eigenvalue weighted by Gasteiger charge is -2.22. The van der Waals surface area contributed by atoms with Crippen LogP contribution in [0.15, 0.2) is 0 Å². The molecule has 0 saturated heterocycles. The molecule has 0 spiro atoms. The third-order valence-electron chi connectivity index (χ3n) is 1.50. The summed E-state index contributed by atoms with van der Waals surface area (Å²) >= 11 is 0. The summed E-state index contributed by atoms with van der Waals surface area (Å²) in [6, 6.07) is 0. The van der Waals surface area contributed by atoms with Crippen LogP contribution in [0, 0.1) is 5.92 Å². The molecule has 0 aliphatic rings. The summed E-state index contributed by atoms with van der Waals surface area (Å²) in [6.45, 7) is 3.64. The van der Waals surface area contributed by atoms with Crippen LogP contribution in [-0.2, 0) is 4.74 Å². The van der Waals surface area contributed by atoms with E-state index in [1.807, 2.05) is 13.8 Å². The Kier molecular flexibility index (Phi) is 4.60. The summed E-state index contributed by atoms with van der Waals surface area (Å²) in [5, 5.41) is 17.7. The van der Waals surface area contributed by atoms with Crippen molar-refractivity contribution >= 4 is 0 Å². The summed E-state index contributed by atoms with van der Waals surface area (Å²) in [4.78, 5) is 0. The van der Waals surface area contributed by atoms with Crippen LogP contribution in [0.2, 0.25) is 0 Å². The number of ether oxygens (including phenoxy) is 1. The Morgan fingerprint density at radius 2 is 1.90 bits per heavy atom. The summed E-state index contributed by atoms with van der Waals surface area (Å²) in [6.07, 6.45) is -1.02. The van der Waals surface area contributed by atoms with E-state index >= 15 is 0 Å². The normalized spacial score (nSPS) is 17.4. The van der Waals surface area contributed by atoms with E-state index in [0.29, 0.717) is 0 Å². The lowest BCUT2D eigenvalue weighted by Crippen LogP contribution is -2.35. The van der Waals surface area contributed by atoms with E-state index in [2.05, 4.69) is 0 Å². The van der Waals surface area contributed by atoms with Gasteiger partial charge in [0, 0.05) is 7.11 Å². The molecule has 0 aromatic heterocycles. The minimum atomic E-state index is -0.759. The Hall–Kier alpha value is -0.120. The molecule has 3 heteroatoms. The predicted molar refractivity (Wildman–Crippen MR) is 38.7 cm³/mol. The second-order valence-electron chi connectivity index (χ2n) is 2.69. The second kappa shape index (κ2) is 4.66. The van der Waals surface area contributed by atoms with Crippen LogP contribution in [0.5, 0.6) is 0 Å². The summed E-state index contributed by atoms with van der Waals surface area (Å²) < 4.78 is 4.95. The molecule has 0 amide bonds. The smallest absolute Gasteiger partial charge is 0.103 e. The molecule has 0 aromatic rings. The molecule has 2 N–H and O–H groups in total. The van der Waals surface area contributed by atoms with Crippen molar-refractivity contribution < 1.29 is 14.9 Å². The van der Waals surface area contributed by atoms with Crippen molar-refractivity contribution in [3.8, 4) is 0 Å². The van der Waals surface area contributed by atoms with Gasteiger partial charge in [-0.2, -0.15) is 0 Å². The number of rotatable bonds is 4.